The smallest absolute Gasteiger partial charge is 0.248 e. The summed E-state index contributed by atoms with van der Waals surface area (Å²) in [6.45, 7) is 1.98. The Kier molecular flexibility index (Phi) is 4.13. The first-order valence-electron chi connectivity index (χ1n) is 6.01. The van der Waals surface area contributed by atoms with Crippen LogP contribution < -0.4 is 5.32 Å². The number of hydrogen-bond acceptors (Lipinski definition) is 2. The summed E-state index contributed by atoms with van der Waals surface area (Å²) in [4.78, 5) is 11.6. The number of halogens is 1. The van der Waals surface area contributed by atoms with Crippen molar-refractivity contribution in [3.8, 4) is 0 Å². The summed E-state index contributed by atoms with van der Waals surface area (Å²) in [5, 5.41) is 2.46. The van der Waals surface area contributed by atoms with E-state index in [-0.39, 0.29) is 5.69 Å². The first-order chi connectivity index (χ1) is 9.19. The number of furan rings is 1. The van der Waals surface area contributed by atoms with E-state index in [1.54, 1.807) is 24.3 Å². The molecule has 2 aromatic rings. The second kappa shape index (κ2) is 6.00. The first kappa shape index (κ1) is 13.1. The van der Waals surface area contributed by atoms with Crippen LogP contribution in [0.25, 0.3) is 6.08 Å². The number of anilines is 1. The molecule has 1 amide bonds. The molecule has 4 heteroatoms. The number of benzene rings is 1. The summed E-state index contributed by atoms with van der Waals surface area (Å²) in [5.41, 5.74) is 0.158. The van der Waals surface area contributed by atoms with Gasteiger partial charge in [-0.25, -0.2) is 4.39 Å². The molecule has 2 rings (SSSR count). The van der Waals surface area contributed by atoms with Crippen molar-refractivity contribution in [2.75, 3.05) is 5.32 Å². The van der Waals surface area contributed by atoms with Crippen LogP contribution in [0.15, 0.2) is 46.9 Å². The lowest BCUT2D eigenvalue weighted by atomic mass is 10.3. The normalized spacial score (nSPS) is 10.8. The Morgan fingerprint density at radius 2 is 2.11 bits per heavy atom. The maximum Gasteiger partial charge on any atom is 0.248 e. The third-order valence-corrected chi connectivity index (χ3v) is 2.56. The second-order valence-electron chi connectivity index (χ2n) is 3.96. The van der Waals surface area contributed by atoms with Gasteiger partial charge in [0, 0.05) is 12.5 Å². The Morgan fingerprint density at radius 3 is 2.79 bits per heavy atom. The van der Waals surface area contributed by atoms with Crippen molar-refractivity contribution in [3.63, 3.8) is 0 Å². The average Bonchev–Trinajstić information content (AvgIpc) is 2.87. The fourth-order valence-corrected chi connectivity index (χ4v) is 1.57. The molecule has 0 unspecified atom stereocenters. The Balaban J connectivity index is 1.99. The molecule has 1 heterocycles. The molecule has 0 aliphatic carbocycles. The zero-order chi connectivity index (χ0) is 13.7. The van der Waals surface area contributed by atoms with Gasteiger partial charge >= 0.3 is 0 Å². The minimum atomic E-state index is -0.462. The molecule has 0 aliphatic rings. The fraction of sp³-hybridized carbons (Fsp3) is 0.133. The van der Waals surface area contributed by atoms with Gasteiger partial charge in [-0.1, -0.05) is 19.1 Å². The highest BCUT2D eigenvalue weighted by molar-refractivity contribution is 6.01. The summed E-state index contributed by atoms with van der Waals surface area (Å²) in [5.74, 6) is 0.588. The maximum absolute atomic E-state index is 13.3. The van der Waals surface area contributed by atoms with Crippen LogP contribution in [0.4, 0.5) is 10.1 Å². The fourth-order valence-electron chi connectivity index (χ4n) is 1.57. The number of hydrogen-bond donors (Lipinski definition) is 1. The van der Waals surface area contributed by atoms with Gasteiger partial charge in [-0.05, 0) is 30.3 Å². The van der Waals surface area contributed by atoms with Gasteiger partial charge in [0.1, 0.15) is 17.3 Å². The summed E-state index contributed by atoms with van der Waals surface area (Å²) >= 11 is 0. The minimum absolute atomic E-state index is 0.158. The van der Waals surface area contributed by atoms with Crippen molar-refractivity contribution in [2.45, 2.75) is 13.3 Å². The molecule has 0 spiro atoms. The standard InChI is InChI=1S/C15H14FNO2/c1-2-11-7-8-12(19-11)9-10-15(18)17-14-6-4-3-5-13(14)16/h3-10H,2H2,1H3,(H,17,18)/b10-9+. The van der Waals surface area contributed by atoms with Crippen molar-refractivity contribution in [3.05, 3.63) is 59.8 Å². The molecule has 0 bridgehead atoms. The van der Waals surface area contributed by atoms with E-state index < -0.39 is 11.7 Å². The number of carbonyl (C=O) groups is 1. The van der Waals surface area contributed by atoms with E-state index >= 15 is 0 Å². The van der Waals surface area contributed by atoms with Gasteiger partial charge in [-0.3, -0.25) is 4.79 Å². The van der Waals surface area contributed by atoms with E-state index in [1.165, 1.54) is 18.2 Å². The SMILES string of the molecule is CCc1ccc(/C=C/C(=O)Nc2ccccc2F)o1. The average molecular weight is 259 g/mol. The van der Waals surface area contributed by atoms with Crippen molar-refractivity contribution in [1.82, 2.24) is 0 Å². The number of para-hydroxylation sites is 1. The van der Waals surface area contributed by atoms with E-state index in [1.807, 2.05) is 13.0 Å². The molecular formula is C15H14FNO2. The van der Waals surface area contributed by atoms with Gasteiger partial charge in [-0.15, -0.1) is 0 Å². The number of rotatable bonds is 4. The molecule has 0 saturated carbocycles. The van der Waals surface area contributed by atoms with Gasteiger partial charge < -0.3 is 9.73 Å². The van der Waals surface area contributed by atoms with Crippen molar-refractivity contribution < 1.29 is 13.6 Å². The Labute approximate surface area is 110 Å². The summed E-state index contributed by atoms with van der Waals surface area (Å²) in [7, 11) is 0. The van der Waals surface area contributed by atoms with Crippen LogP contribution in [-0.4, -0.2) is 5.91 Å². The predicted molar refractivity (Wildman–Crippen MR) is 72.1 cm³/mol. The number of carbonyl (C=O) groups excluding carboxylic acids is 1. The second-order valence-corrected chi connectivity index (χ2v) is 3.96. The highest BCUT2D eigenvalue weighted by Crippen LogP contribution is 2.13. The lowest BCUT2D eigenvalue weighted by Crippen LogP contribution is -2.08. The van der Waals surface area contributed by atoms with Crippen molar-refractivity contribution >= 4 is 17.7 Å². The zero-order valence-corrected chi connectivity index (χ0v) is 10.5. The van der Waals surface area contributed by atoms with Crippen LogP contribution in [0.3, 0.4) is 0 Å². The molecule has 0 saturated heterocycles. The lowest BCUT2D eigenvalue weighted by molar-refractivity contribution is -0.111. The number of amides is 1. The molecule has 0 atom stereocenters. The predicted octanol–water partition coefficient (Wildman–Crippen LogP) is 3.63. The molecule has 1 aromatic carbocycles. The van der Waals surface area contributed by atoms with Crippen LogP contribution in [0.2, 0.25) is 0 Å². The van der Waals surface area contributed by atoms with E-state index in [0.717, 1.165) is 12.2 Å². The molecule has 0 aliphatic heterocycles. The van der Waals surface area contributed by atoms with E-state index in [2.05, 4.69) is 5.32 Å². The number of aryl methyl sites for hydroxylation is 1. The molecule has 1 aromatic heterocycles. The highest BCUT2D eigenvalue weighted by Gasteiger charge is 2.03. The molecule has 19 heavy (non-hydrogen) atoms. The van der Waals surface area contributed by atoms with Crippen molar-refractivity contribution in [2.24, 2.45) is 0 Å². The Hall–Kier alpha value is -2.36. The van der Waals surface area contributed by atoms with Crippen molar-refractivity contribution in [1.29, 1.82) is 0 Å². The summed E-state index contributed by atoms with van der Waals surface area (Å²) < 4.78 is 18.7. The molecule has 98 valence electrons. The van der Waals surface area contributed by atoms with Crippen LogP contribution in [0.5, 0.6) is 0 Å². The van der Waals surface area contributed by atoms with Gasteiger partial charge in [0.25, 0.3) is 0 Å². The first-order valence-corrected chi connectivity index (χ1v) is 6.01. The van der Waals surface area contributed by atoms with Gasteiger partial charge in [-0.2, -0.15) is 0 Å². The maximum atomic E-state index is 13.3. The van der Waals surface area contributed by atoms with E-state index in [0.29, 0.717) is 5.76 Å². The largest absolute Gasteiger partial charge is 0.462 e. The number of nitrogens with one attached hydrogen (secondary N) is 1. The molecule has 0 fully saturated rings. The molecular weight excluding hydrogens is 245 g/mol. The van der Waals surface area contributed by atoms with Crippen LogP contribution >= 0.6 is 0 Å². The minimum Gasteiger partial charge on any atom is -0.462 e. The molecule has 3 nitrogen and oxygen atoms in total. The third kappa shape index (κ3) is 3.55. The summed E-state index contributed by atoms with van der Waals surface area (Å²) in [6.07, 6.45) is 3.66. The van der Waals surface area contributed by atoms with E-state index in [9.17, 15) is 9.18 Å². The molecule has 0 radical (unpaired) electrons. The van der Waals surface area contributed by atoms with Gasteiger partial charge in [0.05, 0.1) is 5.69 Å². The molecule has 1 N–H and O–H groups in total. The lowest BCUT2D eigenvalue weighted by Gasteiger charge is -2.02. The van der Waals surface area contributed by atoms with E-state index in [4.69, 9.17) is 4.42 Å². The highest BCUT2D eigenvalue weighted by atomic mass is 19.1. The Morgan fingerprint density at radius 1 is 1.32 bits per heavy atom. The van der Waals surface area contributed by atoms with Crippen LogP contribution in [-0.2, 0) is 11.2 Å². The van der Waals surface area contributed by atoms with Crippen LogP contribution in [0.1, 0.15) is 18.4 Å². The van der Waals surface area contributed by atoms with Crippen LogP contribution in [0, 0.1) is 5.82 Å². The quantitative estimate of drug-likeness (QED) is 0.852. The zero-order valence-electron chi connectivity index (χ0n) is 10.5. The van der Waals surface area contributed by atoms with Gasteiger partial charge in [0.2, 0.25) is 5.91 Å². The topological polar surface area (TPSA) is 42.2 Å². The third-order valence-electron chi connectivity index (χ3n) is 2.56. The Bertz CT molecular complexity index is 602. The van der Waals surface area contributed by atoms with Gasteiger partial charge in [0.15, 0.2) is 0 Å². The summed E-state index contributed by atoms with van der Waals surface area (Å²) in [6, 6.07) is 9.65. The monoisotopic (exact) mass is 259 g/mol.